The highest BCUT2D eigenvalue weighted by Crippen LogP contribution is 2.27. The predicted molar refractivity (Wildman–Crippen MR) is 106 cm³/mol. The second-order valence-electron chi connectivity index (χ2n) is 6.30. The Kier molecular flexibility index (Phi) is 5.00. The molecule has 1 aromatic carbocycles. The molecule has 2 aromatic heterocycles. The summed E-state index contributed by atoms with van der Waals surface area (Å²) in [6.45, 7) is 3.85. The number of esters is 1. The number of aromatic nitrogens is 3. The zero-order valence-electron chi connectivity index (χ0n) is 16.1. The topological polar surface area (TPSA) is 110 Å². The molecule has 0 amide bonds. The largest absolute Gasteiger partial charge is 0.464 e. The molecule has 0 radical (unpaired) electrons. The molecule has 0 saturated carbocycles. The Hall–Kier alpha value is -3.86. The second kappa shape index (κ2) is 7.40. The third-order valence-corrected chi connectivity index (χ3v) is 4.33. The predicted octanol–water partition coefficient (Wildman–Crippen LogP) is 2.89. The lowest BCUT2D eigenvalue weighted by atomic mass is 10.2. The minimum absolute atomic E-state index is 0.0965. The smallest absolute Gasteiger partial charge is 0.357 e. The molecule has 0 aliphatic rings. The highest BCUT2D eigenvalue weighted by molar-refractivity contribution is 5.96. The van der Waals surface area contributed by atoms with Crippen molar-refractivity contribution in [2.75, 3.05) is 24.8 Å². The molecule has 2 N–H and O–H groups in total. The molecule has 0 spiro atoms. The van der Waals surface area contributed by atoms with E-state index in [1.54, 1.807) is 4.57 Å². The maximum atomic E-state index is 12.1. The van der Waals surface area contributed by atoms with E-state index in [4.69, 9.17) is 10.5 Å². The zero-order valence-corrected chi connectivity index (χ0v) is 16.1. The van der Waals surface area contributed by atoms with Crippen molar-refractivity contribution < 1.29 is 9.53 Å². The SMILES string of the molecule is COC(=O)c1c(N)c(C#N)cn1-c1ccc(N(C)c2nc(C)cc(C)n2)cc1. The van der Waals surface area contributed by atoms with Gasteiger partial charge >= 0.3 is 5.97 Å². The van der Waals surface area contributed by atoms with Crippen LogP contribution in [0.4, 0.5) is 17.3 Å². The monoisotopic (exact) mass is 376 g/mol. The van der Waals surface area contributed by atoms with E-state index in [2.05, 4.69) is 9.97 Å². The van der Waals surface area contributed by atoms with Gasteiger partial charge in [0.25, 0.3) is 0 Å². The zero-order chi connectivity index (χ0) is 20.4. The third-order valence-electron chi connectivity index (χ3n) is 4.33. The number of nitrogens with zero attached hydrogens (tertiary/aromatic N) is 5. The van der Waals surface area contributed by atoms with Gasteiger partial charge in [-0.1, -0.05) is 0 Å². The summed E-state index contributed by atoms with van der Waals surface area (Å²) in [5.74, 6) is -0.0127. The van der Waals surface area contributed by atoms with Crippen molar-refractivity contribution in [1.29, 1.82) is 5.26 Å². The number of nitrogen functional groups attached to an aromatic ring is 1. The van der Waals surface area contributed by atoms with Crippen LogP contribution in [0.1, 0.15) is 27.4 Å². The van der Waals surface area contributed by atoms with Crippen molar-refractivity contribution in [2.24, 2.45) is 0 Å². The number of benzene rings is 1. The Morgan fingerprint density at radius 3 is 2.36 bits per heavy atom. The molecule has 0 unspecified atom stereocenters. The molecule has 0 aliphatic heterocycles. The van der Waals surface area contributed by atoms with Gasteiger partial charge in [0, 0.05) is 36.0 Å². The maximum Gasteiger partial charge on any atom is 0.357 e. The fraction of sp³-hybridized carbons (Fsp3) is 0.200. The van der Waals surface area contributed by atoms with Gasteiger partial charge in [-0.2, -0.15) is 5.26 Å². The van der Waals surface area contributed by atoms with Gasteiger partial charge in [-0.3, -0.25) is 0 Å². The Labute approximate surface area is 162 Å². The molecule has 0 fully saturated rings. The van der Waals surface area contributed by atoms with Gasteiger partial charge in [-0.05, 0) is 44.2 Å². The van der Waals surface area contributed by atoms with Crippen molar-refractivity contribution in [3.8, 4) is 11.8 Å². The van der Waals surface area contributed by atoms with Gasteiger partial charge in [0.2, 0.25) is 5.95 Å². The molecule has 8 nitrogen and oxygen atoms in total. The average molecular weight is 376 g/mol. The number of nitrogens with two attached hydrogens (primary N) is 1. The van der Waals surface area contributed by atoms with Crippen molar-refractivity contribution in [2.45, 2.75) is 13.8 Å². The van der Waals surface area contributed by atoms with E-state index >= 15 is 0 Å². The number of aryl methyl sites for hydroxylation is 2. The summed E-state index contributed by atoms with van der Waals surface area (Å²) in [5.41, 5.74) is 9.70. The van der Waals surface area contributed by atoms with E-state index in [1.165, 1.54) is 13.3 Å². The molecular formula is C20H20N6O2. The fourth-order valence-electron chi connectivity index (χ4n) is 2.93. The van der Waals surface area contributed by atoms with E-state index in [0.29, 0.717) is 11.6 Å². The first kappa shape index (κ1) is 18.9. The van der Waals surface area contributed by atoms with Crippen molar-refractivity contribution in [3.63, 3.8) is 0 Å². The number of nitriles is 1. The number of methoxy groups -OCH3 is 1. The molecule has 3 rings (SSSR count). The molecule has 142 valence electrons. The Balaban J connectivity index is 1.99. The van der Waals surface area contributed by atoms with Crippen molar-refractivity contribution in [1.82, 2.24) is 14.5 Å². The van der Waals surface area contributed by atoms with Gasteiger partial charge in [-0.25, -0.2) is 14.8 Å². The molecule has 0 atom stereocenters. The minimum atomic E-state index is -0.608. The highest BCUT2D eigenvalue weighted by Gasteiger charge is 2.21. The summed E-state index contributed by atoms with van der Waals surface area (Å²) in [7, 11) is 3.15. The molecule has 0 bridgehead atoms. The van der Waals surface area contributed by atoms with Crippen LogP contribution in [0, 0.1) is 25.2 Å². The Morgan fingerprint density at radius 2 is 1.82 bits per heavy atom. The summed E-state index contributed by atoms with van der Waals surface area (Å²) >= 11 is 0. The summed E-state index contributed by atoms with van der Waals surface area (Å²) in [4.78, 5) is 22.9. The number of ether oxygens (including phenoxy) is 1. The number of hydrogen-bond acceptors (Lipinski definition) is 7. The van der Waals surface area contributed by atoms with Crippen molar-refractivity contribution in [3.05, 3.63) is 59.2 Å². The highest BCUT2D eigenvalue weighted by atomic mass is 16.5. The van der Waals surface area contributed by atoms with Gasteiger partial charge in [0.1, 0.15) is 6.07 Å². The number of hydrogen-bond donors (Lipinski definition) is 1. The van der Waals surface area contributed by atoms with Gasteiger partial charge < -0.3 is 19.9 Å². The standard InChI is InChI=1S/C20H20N6O2/c1-12-9-13(2)24-20(23-12)25(3)15-5-7-16(8-6-15)26-11-14(10-21)17(22)18(26)19(27)28-4/h5-9,11H,22H2,1-4H3. The van der Waals surface area contributed by atoms with Crippen LogP contribution in [0.25, 0.3) is 5.69 Å². The average Bonchev–Trinajstić information content (AvgIpc) is 3.02. The fourth-order valence-corrected chi connectivity index (χ4v) is 2.93. The van der Waals surface area contributed by atoms with Crippen LogP contribution in [0.3, 0.4) is 0 Å². The van der Waals surface area contributed by atoms with E-state index in [0.717, 1.165) is 17.1 Å². The van der Waals surface area contributed by atoms with E-state index < -0.39 is 5.97 Å². The molecule has 28 heavy (non-hydrogen) atoms. The first-order valence-corrected chi connectivity index (χ1v) is 8.51. The molecule has 3 aromatic rings. The Morgan fingerprint density at radius 1 is 1.21 bits per heavy atom. The van der Waals surface area contributed by atoms with E-state index in [9.17, 15) is 10.1 Å². The second-order valence-corrected chi connectivity index (χ2v) is 6.30. The van der Waals surface area contributed by atoms with Crippen LogP contribution < -0.4 is 10.6 Å². The normalized spacial score (nSPS) is 10.4. The third kappa shape index (κ3) is 3.38. The van der Waals surface area contributed by atoms with Crippen LogP contribution in [0.5, 0.6) is 0 Å². The van der Waals surface area contributed by atoms with Crippen LogP contribution in [0.2, 0.25) is 0 Å². The molecular weight excluding hydrogens is 356 g/mol. The quantitative estimate of drug-likeness (QED) is 0.697. The first-order valence-electron chi connectivity index (χ1n) is 8.51. The maximum absolute atomic E-state index is 12.1. The minimum Gasteiger partial charge on any atom is -0.464 e. The lowest BCUT2D eigenvalue weighted by molar-refractivity contribution is 0.0593. The lowest BCUT2D eigenvalue weighted by Gasteiger charge is -2.18. The molecule has 8 heteroatoms. The summed E-state index contributed by atoms with van der Waals surface area (Å²) < 4.78 is 6.36. The van der Waals surface area contributed by atoms with Crippen LogP contribution in [0.15, 0.2) is 36.5 Å². The van der Waals surface area contributed by atoms with E-state index in [-0.39, 0.29) is 16.9 Å². The number of carbonyl (C=O) groups excluding carboxylic acids is 1. The molecule has 0 aliphatic carbocycles. The van der Waals surface area contributed by atoms with Gasteiger partial charge in [0.05, 0.1) is 18.4 Å². The van der Waals surface area contributed by atoms with Gasteiger partial charge in [-0.15, -0.1) is 0 Å². The van der Waals surface area contributed by atoms with Crippen LogP contribution in [-0.4, -0.2) is 34.7 Å². The molecule has 2 heterocycles. The van der Waals surface area contributed by atoms with Crippen LogP contribution in [-0.2, 0) is 4.74 Å². The number of anilines is 3. The summed E-state index contributed by atoms with van der Waals surface area (Å²) in [6.07, 6.45) is 1.52. The number of carbonyl (C=O) groups is 1. The Bertz CT molecular complexity index is 1060. The summed E-state index contributed by atoms with van der Waals surface area (Å²) in [6, 6.07) is 11.3. The van der Waals surface area contributed by atoms with Crippen molar-refractivity contribution >= 4 is 23.3 Å². The van der Waals surface area contributed by atoms with Gasteiger partial charge in [0.15, 0.2) is 5.69 Å². The van der Waals surface area contributed by atoms with E-state index in [1.807, 2.05) is 62.2 Å². The number of rotatable bonds is 4. The molecule has 0 saturated heterocycles. The first-order chi connectivity index (χ1) is 13.3. The van der Waals surface area contributed by atoms with Crippen LogP contribution >= 0.6 is 0 Å². The lowest BCUT2D eigenvalue weighted by Crippen LogP contribution is -2.14. The summed E-state index contributed by atoms with van der Waals surface area (Å²) in [5, 5.41) is 9.23.